The van der Waals surface area contributed by atoms with Gasteiger partial charge in [0.1, 0.15) is 5.03 Å². The number of nitrogens with zero attached hydrogens (tertiary/aromatic N) is 1. The molecule has 1 atom stereocenters. The van der Waals surface area contributed by atoms with Crippen LogP contribution in [0.5, 0.6) is 0 Å². The molecule has 1 unspecified atom stereocenters. The number of benzene rings is 1. The molecule has 0 fully saturated rings. The standard InChI is InChI=1S/C16H20N2S/c1-11-4-6-15(12(2)8-11)19-16-7-5-14(10-18-16)9-13(3)17/h4-8,10,13H,9,17H2,1-3H3. The second-order valence-corrected chi connectivity index (χ2v) is 6.12. The van der Waals surface area contributed by atoms with Crippen LogP contribution in [0.15, 0.2) is 46.5 Å². The molecule has 0 saturated carbocycles. The quantitative estimate of drug-likeness (QED) is 0.921. The summed E-state index contributed by atoms with van der Waals surface area (Å²) in [5.74, 6) is 0. The van der Waals surface area contributed by atoms with Gasteiger partial charge in [0.2, 0.25) is 0 Å². The fourth-order valence-electron chi connectivity index (χ4n) is 1.99. The SMILES string of the molecule is Cc1ccc(Sc2ccc(CC(C)N)cn2)c(C)c1. The minimum absolute atomic E-state index is 0.180. The average molecular weight is 272 g/mol. The molecule has 1 aromatic carbocycles. The first-order chi connectivity index (χ1) is 9.04. The smallest absolute Gasteiger partial charge is 0.101 e. The molecule has 2 nitrogen and oxygen atoms in total. The Morgan fingerprint density at radius 1 is 1.21 bits per heavy atom. The second-order valence-electron chi connectivity index (χ2n) is 5.06. The van der Waals surface area contributed by atoms with Crippen LogP contribution >= 0.6 is 11.8 Å². The van der Waals surface area contributed by atoms with E-state index in [1.165, 1.54) is 21.6 Å². The minimum Gasteiger partial charge on any atom is -0.328 e. The molecule has 1 aromatic heterocycles. The number of nitrogens with two attached hydrogens (primary N) is 1. The Kier molecular flexibility index (Phi) is 4.61. The highest BCUT2D eigenvalue weighted by molar-refractivity contribution is 7.99. The van der Waals surface area contributed by atoms with E-state index in [2.05, 4.69) is 49.2 Å². The normalized spacial score (nSPS) is 12.4. The molecule has 1 heterocycles. The van der Waals surface area contributed by atoms with Crippen molar-refractivity contribution in [3.05, 3.63) is 53.2 Å². The van der Waals surface area contributed by atoms with E-state index in [1.54, 1.807) is 11.8 Å². The zero-order valence-corrected chi connectivity index (χ0v) is 12.5. The van der Waals surface area contributed by atoms with Crippen LogP contribution in [0.3, 0.4) is 0 Å². The molecule has 0 radical (unpaired) electrons. The summed E-state index contributed by atoms with van der Waals surface area (Å²) in [7, 11) is 0. The van der Waals surface area contributed by atoms with E-state index in [0.29, 0.717) is 0 Å². The lowest BCUT2D eigenvalue weighted by Crippen LogP contribution is -2.17. The number of rotatable bonds is 4. The molecule has 2 N–H and O–H groups in total. The number of hydrogen-bond acceptors (Lipinski definition) is 3. The summed E-state index contributed by atoms with van der Waals surface area (Å²) >= 11 is 1.71. The summed E-state index contributed by atoms with van der Waals surface area (Å²) < 4.78 is 0. The van der Waals surface area contributed by atoms with Gasteiger partial charge >= 0.3 is 0 Å². The first-order valence-corrected chi connectivity index (χ1v) is 7.32. The Balaban J connectivity index is 2.10. The molecule has 0 amide bonds. The molecular formula is C16H20N2S. The van der Waals surface area contributed by atoms with Gasteiger partial charge < -0.3 is 5.73 Å². The Bertz CT molecular complexity index is 547. The molecule has 0 bridgehead atoms. The highest BCUT2D eigenvalue weighted by Crippen LogP contribution is 2.29. The van der Waals surface area contributed by atoms with Gasteiger partial charge in [-0.1, -0.05) is 35.5 Å². The van der Waals surface area contributed by atoms with Crippen LogP contribution in [-0.2, 0) is 6.42 Å². The van der Waals surface area contributed by atoms with Crippen LogP contribution in [0.1, 0.15) is 23.6 Å². The van der Waals surface area contributed by atoms with E-state index < -0.39 is 0 Å². The average Bonchev–Trinajstić information content (AvgIpc) is 2.34. The second kappa shape index (κ2) is 6.22. The molecular weight excluding hydrogens is 252 g/mol. The fourth-order valence-corrected chi connectivity index (χ4v) is 2.81. The highest BCUT2D eigenvalue weighted by atomic mass is 32.2. The maximum atomic E-state index is 5.79. The van der Waals surface area contributed by atoms with E-state index in [-0.39, 0.29) is 6.04 Å². The van der Waals surface area contributed by atoms with Crippen molar-refractivity contribution in [2.45, 2.75) is 43.2 Å². The molecule has 3 heteroatoms. The van der Waals surface area contributed by atoms with Gasteiger partial charge in [-0.2, -0.15) is 0 Å². The van der Waals surface area contributed by atoms with Gasteiger partial charge in [0.25, 0.3) is 0 Å². The van der Waals surface area contributed by atoms with Crippen LogP contribution in [0.4, 0.5) is 0 Å². The van der Waals surface area contributed by atoms with Crippen molar-refractivity contribution in [3.8, 4) is 0 Å². The summed E-state index contributed by atoms with van der Waals surface area (Å²) in [5.41, 5.74) is 9.57. The summed E-state index contributed by atoms with van der Waals surface area (Å²) in [5, 5.41) is 1.03. The fraction of sp³-hybridized carbons (Fsp3) is 0.312. The molecule has 0 spiro atoms. The van der Waals surface area contributed by atoms with Crippen LogP contribution < -0.4 is 5.73 Å². The third kappa shape index (κ3) is 4.08. The number of aromatic nitrogens is 1. The van der Waals surface area contributed by atoms with Gasteiger partial charge in [-0.25, -0.2) is 4.98 Å². The largest absolute Gasteiger partial charge is 0.328 e. The number of pyridine rings is 1. The number of hydrogen-bond donors (Lipinski definition) is 1. The van der Waals surface area contributed by atoms with Crippen molar-refractivity contribution in [1.29, 1.82) is 0 Å². The van der Waals surface area contributed by atoms with Crippen LogP contribution in [-0.4, -0.2) is 11.0 Å². The third-order valence-electron chi connectivity index (χ3n) is 2.90. The van der Waals surface area contributed by atoms with Crippen molar-refractivity contribution in [2.75, 3.05) is 0 Å². The number of aryl methyl sites for hydroxylation is 2. The molecule has 0 aliphatic rings. The van der Waals surface area contributed by atoms with Crippen LogP contribution in [0, 0.1) is 13.8 Å². The predicted octanol–water partition coefficient (Wildman–Crippen LogP) is 3.74. The van der Waals surface area contributed by atoms with E-state index in [1.807, 2.05) is 13.1 Å². The lowest BCUT2D eigenvalue weighted by Gasteiger charge is -2.08. The van der Waals surface area contributed by atoms with E-state index in [0.717, 1.165) is 11.4 Å². The Morgan fingerprint density at radius 2 is 2.00 bits per heavy atom. The Hall–Kier alpha value is -1.32. The van der Waals surface area contributed by atoms with Crippen LogP contribution in [0.25, 0.3) is 0 Å². The lowest BCUT2D eigenvalue weighted by atomic mass is 10.1. The predicted molar refractivity (Wildman–Crippen MR) is 81.6 cm³/mol. The summed E-state index contributed by atoms with van der Waals surface area (Å²) in [6, 6.07) is 10.9. The zero-order chi connectivity index (χ0) is 13.8. The molecule has 0 saturated heterocycles. The van der Waals surface area contributed by atoms with E-state index in [4.69, 9.17) is 5.73 Å². The maximum Gasteiger partial charge on any atom is 0.101 e. The van der Waals surface area contributed by atoms with Crippen molar-refractivity contribution in [2.24, 2.45) is 5.73 Å². The molecule has 0 aliphatic carbocycles. The lowest BCUT2D eigenvalue weighted by molar-refractivity contribution is 0.734. The molecule has 2 aromatic rings. The van der Waals surface area contributed by atoms with Gasteiger partial charge in [-0.15, -0.1) is 0 Å². The molecule has 19 heavy (non-hydrogen) atoms. The van der Waals surface area contributed by atoms with E-state index in [9.17, 15) is 0 Å². The van der Waals surface area contributed by atoms with Crippen molar-refractivity contribution < 1.29 is 0 Å². The molecule has 0 aliphatic heterocycles. The maximum absolute atomic E-state index is 5.79. The highest BCUT2D eigenvalue weighted by Gasteiger charge is 2.04. The van der Waals surface area contributed by atoms with Crippen molar-refractivity contribution in [3.63, 3.8) is 0 Å². The topological polar surface area (TPSA) is 38.9 Å². The third-order valence-corrected chi connectivity index (χ3v) is 4.03. The first-order valence-electron chi connectivity index (χ1n) is 6.50. The first kappa shape index (κ1) is 14.1. The summed E-state index contributed by atoms with van der Waals surface area (Å²) in [4.78, 5) is 5.76. The van der Waals surface area contributed by atoms with Gasteiger partial charge in [0.15, 0.2) is 0 Å². The van der Waals surface area contributed by atoms with Gasteiger partial charge in [0, 0.05) is 17.1 Å². The van der Waals surface area contributed by atoms with Gasteiger partial charge in [-0.05, 0) is 50.5 Å². The van der Waals surface area contributed by atoms with Gasteiger partial charge in [-0.3, -0.25) is 0 Å². The Morgan fingerprint density at radius 3 is 2.58 bits per heavy atom. The molecule has 2 rings (SSSR count). The van der Waals surface area contributed by atoms with Crippen LogP contribution in [0.2, 0.25) is 0 Å². The Labute approximate surface area is 119 Å². The zero-order valence-electron chi connectivity index (χ0n) is 11.7. The van der Waals surface area contributed by atoms with E-state index >= 15 is 0 Å². The summed E-state index contributed by atoms with van der Waals surface area (Å²) in [6.07, 6.45) is 2.80. The summed E-state index contributed by atoms with van der Waals surface area (Å²) in [6.45, 7) is 6.26. The molecule has 100 valence electrons. The van der Waals surface area contributed by atoms with Gasteiger partial charge in [0.05, 0.1) is 0 Å². The van der Waals surface area contributed by atoms with Crippen molar-refractivity contribution >= 4 is 11.8 Å². The minimum atomic E-state index is 0.180. The van der Waals surface area contributed by atoms with Crippen molar-refractivity contribution in [1.82, 2.24) is 4.98 Å². The monoisotopic (exact) mass is 272 g/mol.